The second-order valence-electron chi connectivity index (χ2n) is 7.42. The van der Waals surface area contributed by atoms with Crippen LogP contribution >= 0.6 is 11.3 Å². The van der Waals surface area contributed by atoms with Crippen LogP contribution < -0.4 is 5.32 Å². The summed E-state index contributed by atoms with van der Waals surface area (Å²) < 4.78 is 40.8. The maximum Gasteiger partial charge on any atom is 0.268 e. The lowest BCUT2D eigenvalue weighted by molar-refractivity contribution is 0.0946. The Morgan fingerprint density at radius 2 is 1.82 bits per heavy atom. The number of carbonyl (C=O) groups excluding carboxylic acids is 2. The van der Waals surface area contributed by atoms with Gasteiger partial charge in [0.15, 0.2) is 10.8 Å². The van der Waals surface area contributed by atoms with Crippen molar-refractivity contribution in [3.8, 4) is 10.7 Å². The molecule has 1 amide bonds. The van der Waals surface area contributed by atoms with Crippen molar-refractivity contribution >= 4 is 23.0 Å². The van der Waals surface area contributed by atoms with Crippen molar-refractivity contribution in [3.63, 3.8) is 0 Å². The third-order valence-corrected chi connectivity index (χ3v) is 5.67. The summed E-state index contributed by atoms with van der Waals surface area (Å²) in [6.45, 7) is 4.12. The van der Waals surface area contributed by atoms with Crippen LogP contribution in [-0.4, -0.2) is 37.1 Å². The molecule has 0 aliphatic heterocycles. The van der Waals surface area contributed by atoms with Gasteiger partial charge in [0.25, 0.3) is 5.91 Å². The first-order valence-electron chi connectivity index (χ1n) is 9.77. The van der Waals surface area contributed by atoms with E-state index in [4.69, 9.17) is 0 Å². The molecule has 3 aromatic heterocycles. The topological polar surface area (TPSA) is 116 Å². The zero-order valence-electron chi connectivity index (χ0n) is 17.4. The van der Waals surface area contributed by atoms with Crippen LogP contribution in [0.2, 0.25) is 0 Å². The summed E-state index contributed by atoms with van der Waals surface area (Å²) in [6, 6.07) is 3.88. The molecule has 0 saturated carbocycles. The van der Waals surface area contributed by atoms with Crippen molar-refractivity contribution in [2.24, 2.45) is 0 Å². The lowest BCUT2D eigenvalue weighted by Gasteiger charge is -2.03. The smallest absolute Gasteiger partial charge is 0.268 e. The van der Waals surface area contributed by atoms with Gasteiger partial charge in [-0.2, -0.15) is 5.10 Å². The summed E-state index contributed by atoms with van der Waals surface area (Å²) in [6.07, 6.45) is 1.15. The van der Waals surface area contributed by atoms with Gasteiger partial charge in [0.05, 0.1) is 23.5 Å². The van der Waals surface area contributed by atoms with E-state index in [0.29, 0.717) is 22.1 Å². The van der Waals surface area contributed by atoms with Crippen LogP contribution in [0.1, 0.15) is 56.9 Å². The molecule has 0 aliphatic rings. The first kappa shape index (κ1) is 22.4. The summed E-state index contributed by atoms with van der Waals surface area (Å²) in [5, 5.41) is 19.0. The molecule has 0 saturated heterocycles. The number of amides is 1. The molecule has 1 aromatic carbocycles. The zero-order valence-corrected chi connectivity index (χ0v) is 18.2. The van der Waals surface area contributed by atoms with E-state index in [1.54, 1.807) is 0 Å². The normalized spacial score (nSPS) is 11.2. The van der Waals surface area contributed by atoms with E-state index in [1.165, 1.54) is 11.3 Å². The molecule has 3 heterocycles. The third-order valence-electron chi connectivity index (χ3n) is 4.71. The van der Waals surface area contributed by atoms with Gasteiger partial charge >= 0.3 is 0 Å². The molecule has 0 radical (unpaired) electrons. The standard InChI is InChI=1S/C21H17F3N6O2S/c1-9(2)14-6-16(28-27-14)21-30-29-17(33-21)8-26-20(32)15-3-10(7-25-15)19(31)18-12(23)4-11(22)5-13(18)24/h3-7,9,25H,8H2,1-2H3,(H,26,32)(H,27,28). The van der Waals surface area contributed by atoms with Gasteiger partial charge in [-0.05, 0) is 18.1 Å². The van der Waals surface area contributed by atoms with Crippen molar-refractivity contribution in [1.29, 1.82) is 0 Å². The maximum atomic E-state index is 13.9. The molecular weight excluding hydrogens is 457 g/mol. The number of halogens is 3. The Labute approximate surface area is 189 Å². The monoisotopic (exact) mass is 474 g/mol. The van der Waals surface area contributed by atoms with E-state index in [9.17, 15) is 22.8 Å². The molecule has 0 aliphatic carbocycles. The van der Waals surface area contributed by atoms with Crippen LogP contribution in [0.5, 0.6) is 0 Å². The number of aromatic nitrogens is 5. The maximum absolute atomic E-state index is 13.9. The van der Waals surface area contributed by atoms with Crippen molar-refractivity contribution < 1.29 is 22.8 Å². The molecule has 4 rings (SSSR count). The average molecular weight is 474 g/mol. The van der Waals surface area contributed by atoms with E-state index in [1.807, 2.05) is 19.9 Å². The molecule has 0 unspecified atom stereocenters. The van der Waals surface area contributed by atoms with Gasteiger partial charge in [0, 0.05) is 23.9 Å². The molecular formula is C21H17F3N6O2S. The Morgan fingerprint density at radius 1 is 1.09 bits per heavy atom. The number of H-pyrrole nitrogens is 2. The van der Waals surface area contributed by atoms with E-state index in [0.717, 1.165) is 23.7 Å². The fourth-order valence-electron chi connectivity index (χ4n) is 2.99. The zero-order chi connectivity index (χ0) is 23.7. The predicted octanol–water partition coefficient (Wildman–Crippen LogP) is 3.96. The van der Waals surface area contributed by atoms with Crippen LogP contribution in [0.4, 0.5) is 13.2 Å². The Bertz CT molecular complexity index is 1320. The number of nitrogens with zero attached hydrogens (tertiary/aromatic N) is 3. The van der Waals surface area contributed by atoms with Crippen molar-refractivity contribution in [2.45, 2.75) is 26.3 Å². The van der Waals surface area contributed by atoms with Gasteiger partial charge in [0.2, 0.25) is 0 Å². The number of nitrogens with one attached hydrogen (secondary N) is 3. The Hall–Kier alpha value is -3.80. The fraction of sp³-hybridized carbons (Fsp3) is 0.190. The van der Waals surface area contributed by atoms with Gasteiger partial charge < -0.3 is 10.3 Å². The SMILES string of the molecule is CC(C)c1cc(-c2nnc(CNC(=O)c3cc(C(=O)c4c(F)cc(F)cc4F)c[nH]3)s2)[nH]n1. The van der Waals surface area contributed by atoms with E-state index >= 15 is 0 Å². The quantitative estimate of drug-likeness (QED) is 0.351. The number of aromatic amines is 2. The minimum absolute atomic E-state index is 0.00107. The molecule has 4 aromatic rings. The number of benzene rings is 1. The molecule has 8 nitrogen and oxygen atoms in total. The minimum atomic E-state index is -1.32. The molecule has 12 heteroatoms. The van der Waals surface area contributed by atoms with Gasteiger partial charge in [-0.1, -0.05) is 25.2 Å². The number of ketones is 1. The lowest BCUT2D eigenvalue weighted by atomic mass is 10.0. The number of carbonyl (C=O) groups is 2. The Morgan fingerprint density at radius 3 is 2.48 bits per heavy atom. The number of rotatable bonds is 7. The van der Waals surface area contributed by atoms with Crippen LogP contribution in [-0.2, 0) is 6.54 Å². The first-order valence-corrected chi connectivity index (χ1v) is 10.6. The second-order valence-corrected chi connectivity index (χ2v) is 8.48. The van der Waals surface area contributed by atoms with Gasteiger partial charge in [-0.25, -0.2) is 13.2 Å². The second kappa shape index (κ2) is 8.98. The largest absolute Gasteiger partial charge is 0.356 e. The Balaban J connectivity index is 1.41. The highest BCUT2D eigenvalue weighted by atomic mass is 32.1. The summed E-state index contributed by atoms with van der Waals surface area (Å²) >= 11 is 1.27. The molecule has 0 fully saturated rings. The predicted molar refractivity (Wildman–Crippen MR) is 113 cm³/mol. The van der Waals surface area contributed by atoms with Gasteiger partial charge in [0.1, 0.15) is 28.2 Å². The molecule has 33 heavy (non-hydrogen) atoms. The highest BCUT2D eigenvalue weighted by molar-refractivity contribution is 7.14. The summed E-state index contributed by atoms with van der Waals surface area (Å²) in [7, 11) is 0. The van der Waals surface area contributed by atoms with E-state index in [-0.39, 0.29) is 23.7 Å². The van der Waals surface area contributed by atoms with Crippen molar-refractivity contribution in [1.82, 2.24) is 30.7 Å². The fourth-order valence-corrected chi connectivity index (χ4v) is 3.73. The van der Waals surface area contributed by atoms with E-state index in [2.05, 4.69) is 30.7 Å². The van der Waals surface area contributed by atoms with E-state index < -0.39 is 34.7 Å². The summed E-state index contributed by atoms with van der Waals surface area (Å²) in [5.74, 6) is -5.10. The molecule has 170 valence electrons. The summed E-state index contributed by atoms with van der Waals surface area (Å²) in [4.78, 5) is 27.4. The molecule has 0 atom stereocenters. The van der Waals surface area contributed by atoms with Crippen LogP contribution in [0.3, 0.4) is 0 Å². The van der Waals surface area contributed by atoms with Gasteiger partial charge in [-0.3, -0.25) is 14.7 Å². The minimum Gasteiger partial charge on any atom is -0.356 e. The van der Waals surface area contributed by atoms with Crippen LogP contribution in [0.15, 0.2) is 30.5 Å². The van der Waals surface area contributed by atoms with Crippen molar-refractivity contribution in [3.05, 3.63) is 75.4 Å². The molecule has 0 bridgehead atoms. The number of hydrogen-bond acceptors (Lipinski definition) is 6. The molecule has 0 spiro atoms. The highest BCUT2D eigenvalue weighted by Crippen LogP contribution is 2.24. The Kier molecular flexibility index (Phi) is 6.09. The third kappa shape index (κ3) is 4.70. The number of hydrogen-bond donors (Lipinski definition) is 3. The lowest BCUT2D eigenvalue weighted by Crippen LogP contribution is -2.23. The van der Waals surface area contributed by atoms with Gasteiger partial charge in [-0.15, -0.1) is 10.2 Å². The highest BCUT2D eigenvalue weighted by Gasteiger charge is 2.22. The van der Waals surface area contributed by atoms with Crippen LogP contribution in [0, 0.1) is 17.5 Å². The van der Waals surface area contributed by atoms with Crippen LogP contribution in [0.25, 0.3) is 10.7 Å². The first-order chi connectivity index (χ1) is 15.7. The summed E-state index contributed by atoms with van der Waals surface area (Å²) in [5.41, 5.74) is 0.571. The molecule has 3 N–H and O–H groups in total. The van der Waals surface area contributed by atoms with Crippen molar-refractivity contribution in [2.75, 3.05) is 0 Å². The average Bonchev–Trinajstić information content (AvgIpc) is 3.51.